The van der Waals surface area contributed by atoms with E-state index in [1.807, 2.05) is 32.0 Å². The summed E-state index contributed by atoms with van der Waals surface area (Å²) >= 11 is 0. The molecular weight excluding hydrogens is 470 g/mol. The van der Waals surface area contributed by atoms with E-state index in [0.717, 1.165) is 23.2 Å². The van der Waals surface area contributed by atoms with Crippen molar-refractivity contribution in [2.24, 2.45) is 5.92 Å². The summed E-state index contributed by atoms with van der Waals surface area (Å²) in [7, 11) is 4.31. The first-order chi connectivity index (χ1) is 18.3. The van der Waals surface area contributed by atoms with Crippen LogP contribution in [0.1, 0.15) is 103 Å². The second-order valence-electron chi connectivity index (χ2n) is 11.6. The highest BCUT2D eigenvalue weighted by molar-refractivity contribution is 5.72. The molecule has 0 radical (unpaired) electrons. The zero-order valence-electron chi connectivity index (χ0n) is 24.9. The predicted molar refractivity (Wildman–Crippen MR) is 159 cm³/mol. The number of unbranched alkanes of at least 4 members (excludes halogenated alkanes) is 9. The number of hydrogen-bond acceptors (Lipinski definition) is 3. The van der Waals surface area contributed by atoms with E-state index in [-0.39, 0.29) is 11.9 Å². The van der Waals surface area contributed by atoms with Crippen molar-refractivity contribution in [1.82, 2.24) is 0 Å². The van der Waals surface area contributed by atoms with Gasteiger partial charge in [0.1, 0.15) is 18.2 Å². The number of aryl methyl sites for hydroxylation is 1. The van der Waals surface area contributed by atoms with E-state index in [4.69, 9.17) is 9.47 Å². The first-order valence-corrected chi connectivity index (χ1v) is 15.1. The maximum Gasteiger partial charge on any atom is 0.317 e. The van der Waals surface area contributed by atoms with E-state index in [2.05, 4.69) is 57.4 Å². The highest BCUT2D eigenvalue weighted by Gasteiger charge is 2.27. The number of carbonyl (C=O) groups excluding carboxylic acids is 1. The van der Waals surface area contributed by atoms with Crippen LogP contribution in [0.2, 0.25) is 0 Å². The highest BCUT2D eigenvalue weighted by atomic mass is 16.7. The Labute approximate surface area is 233 Å². The van der Waals surface area contributed by atoms with Gasteiger partial charge in [-0.25, -0.2) is 0 Å². The normalized spacial score (nSPS) is 13.2. The van der Waals surface area contributed by atoms with Gasteiger partial charge in [0.25, 0.3) is 0 Å². The average molecular weight is 525 g/mol. The Morgan fingerprint density at radius 3 is 1.92 bits per heavy atom. The fourth-order valence-corrected chi connectivity index (χ4v) is 5.10. The SMILES string of the molecule is CCCCCCCCCCCCc1ccc(OC(CC)OC(=O)C(C)C[N+](C)(C)Cc2ccccc2)cc1. The largest absolute Gasteiger partial charge is 0.455 e. The van der Waals surface area contributed by atoms with Gasteiger partial charge in [0, 0.05) is 12.0 Å². The molecule has 4 heteroatoms. The van der Waals surface area contributed by atoms with Gasteiger partial charge in [-0.1, -0.05) is 114 Å². The lowest BCUT2D eigenvalue weighted by atomic mass is 10.0. The summed E-state index contributed by atoms with van der Waals surface area (Å²) in [6.07, 6.45) is 14.7. The van der Waals surface area contributed by atoms with Crippen LogP contribution in [0.25, 0.3) is 0 Å². The van der Waals surface area contributed by atoms with Crippen LogP contribution in [0.15, 0.2) is 54.6 Å². The van der Waals surface area contributed by atoms with Gasteiger partial charge in [-0.3, -0.25) is 4.79 Å². The summed E-state index contributed by atoms with van der Waals surface area (Å²) < 4.78 is 12.5. The van der Waals surface area contributed by atoms with Crippen molar-refractivity contribution in [3.8, 4) is 5.75 Å². The Morgan fingerprint density at radius 2 is 1.34 bits per heavy atom. The minimum Gasteiger partial charge on any atom is -0.455 e. The van der Waals surface area contributed by atoms with E-state index < -0.39 is 6.29 Å². The number of ether oxygens (including phenoxy) is 2. The van der Waals surface area contributed by atoms with Gasteiger partial charge in [0.15, 0.2) is 0 Å². The number of esters is 1. The minimum atomic E-state index is -0.567. The third-order valence-electron chi connectivity index (χ3n) is 7.21. The van der Waals surface area contributed by atoms with E-state index in [0.29, 0.717) is 13.0 Å². The molecule has 0 amide bonds. The molecule has 0 bridgehead atoms. The van der Waals surface area contributed by atoms with Gasteiger partial charge in [-0.15, -0.1) is 0 Å². The molecule has 0 aliphatic rings. The van der Waals surface area contributed by atoms with Crippen molar-refractivity contribution in [1.29, 1.82) is 0 Å². The monoisotopic (exact) mass is 524 g/mol. The lowest BCUT2D eigenvalue weighted by Crippen LogP contribution is -2.44. The molecule has 0 aliphatic heterocycles. The molecule has 4 nitrogen and oxygen atoms in total. The maximum absolute atomic E-state index is 12.8. The van der Waals surface area contributed by atoms with Crippen molar-refractivity contribution in [3.05, 3.63) is 65.7 Å². The van der Waals surface area contributed by atoms with Crippen LogP contribution < -0.4 is 4.74 Å². The Hall–Kier alpha value is -2.33. The lowest BCUT2D eigenvalue weighted by molar-refractivity contribution is -0.905. The molecule has 2 aromatic carbocycles. The van der Waals surface area contributed by atoms with Crippen LogP contribution >= 0.6 is 0 Å². The van der Waals surface area contributed by atoms with Gasteiger partial charge in [0.2, 0.25) is 6.29 Å². The molecule has 0 N–H and O–H groups in total. The van der Waals surface area contributed by atoms with E-state index in [1.165, 1.54) is 75.3 Å². The fraction of sp³-hybridized carbons (Fsp3) is 0.618. The Bertz CT molecular complexity index is 878. The Kier molecular flexibility index (Phi) is 15.1. The molecule has 38 heavy (non-hydrogen) atoms. The zero-order chi connectivity index (χ0) is 27.6. The standard InChI is InChI=1S/C34H54NO3/c1-6-8-9-10-11-12-13-14-15-17-20-30-23-25-32(26-24-30)37-33(7-2)38-34(36)29(3)27-35(4,5)28-31-21-18-16-19-22-31/h16,18-19,21-26,29,33H,6-15,17,20,27-28H2,1-5H3/q+1. The van der Waals surface area contributed by atoms with E-state index in [9.17, 15) is 4.79 Å². The first-order valence-electron chi connectivity index (χ1n) is 15.1. The zero-order valence-corrected chi connectivity index (χ0v) is 24.9. The molecule has 2 aromatic rings. The molecule has 0 aliphatic carbocycles. The molecule has 0 heterocycles. The second kappa shape index (κ2) is 18.0. The van der Waals surface area contributed by atoms with Gasteiger partial charge in [-0.05, 0) is 37.5 Å². The number of quaternary nitrogens is 1. The summed E-state index contributed by atoms with van der Waals surface area (Å²) in [6, 6.07) is 18.7. The molecule has 0 fully saturated rings. The molecule has 0 saturated carbocycles. The topological polar surface area (TPSA) is 35.5 Å². The number of nitrogens with zero attached hydrogens (tertiary/aromatic N) is 1. The molecule has 2 atom stereocenters. The summed E-state index contributed by atoms with van der Waals surface area (Å²) in [6.45, 7) is 7.78. The summed E-state index contributed by atoms with van der Waals surface area (Å²) in [4.78, 5) is 12.8. The van der Waals surface area contributed by atoms with Crippen LogP contribution in [0.5, 0.6) is 5.75 Å². The van der Waals surface area contributed by atoms with Crippen molar-refractivity contribution in [2.75, 3.05) is 20.6 Å². The molecule has 2 unspecified atom stereocenters. The third kappa shape index (κ3) is 13.5. The van der Waals surface area contributed by atoms with Crippen molar-refractivity contribution in [3.63, 3.8) is 0 Å². The third-order valence-corrected chi connectivity index (χ3v) is 7.21. The molecule has 2 rings (SSSR count). The maximum atomic E-state index is 12.8. The number of benzene rings is 2. The van der Waals surface area contributed by atoms with Crippen LogP contribution in [0.3, 0.4) is 0 Å². The smallest absolute Gasteiger partial charge is 0.317 e. The van der Waals surface area contributed by atoms with Crippen LogP contribution in [-0.4, -0.2) is 37.4 Å². The number of hydrogen-bond donors (Lipinski definition) is 0. The Morgan fingerprint density at radius 1 is 0.763 bits per heavy atom. The van der Waals surface area contributed by atoms with Gasteiger partial charge >= 0.3 is 5.97 Å². The molecule has 212 valence electrons. The van der Waals surface area contributed by atoms with Crippen molar-refractivity contribution < 1.29 is 18.8 Å². The Balaban J connectivity index is 1.68. The van der Waals surface area contributed by atoms with Crippen molar-refractivity contribution in [2.45, 2.75) is 111 Å². The molecular formula is C34H54NO3+. The van der Waals surface area contributed by atoms with Crippen molar-refractivity contribution >= 4 is 5.97 Å². The fourth-order valence-electron chi connectivity index (χ4n) is 5.10. The van der Waals surface area contributed by atoms with Crippen LogP contribution in [0.4, 0.5) is 0 Å². The highest BCUT2D eigenvalue weighted by Crippen LogP contribution is 2.19. The molecule has 0 spiro atoms. The van der Waals surface area contributed by atoms with Crippen LogP contribution in [0, 0.1) is 5.92 Å². The van der Waals surface area contributed by atoms with E-state index in [1.54, 1.807) is 0 Å². The number of carbonyl (C=O) groups is 1. The second-order valence-corrected chi connectivity index (χ2v) is 11.6. The predicted octanol–water partition coefficient (Wildman–Crippen LogP) is 8.72. The van der Waals surface area contributed by atoms with Crippen LogP contribution in [-0.2, 0) is 22.5 Å². The van der Waals surface area contributed by atoms with Gasteiger partial charge < -0.3 is 14.0 Å². The molecule has 0 aromatic heterocycles. The van der Waals surface area contributed by atoms with Gasteiger partial charge in [0.05, 0.1) is 20.6 Å². The van der Waals surface area contributed by atoms with E-state index >= 15 is 0 Å². The first kappa shape index (κ1) is 31.9. The summed E-state index contributed by atoms with van der Waals surface area (Å²) in [5, 5.41) is 0. The quantitative estimate of drug-likeness (QED) is 0.0752. The average Bonchev–Trinajstić information content (AvgIpc) is 2.90. The number of rotatable bonds is 20. The molecule has 0 saturated heterocycles. The summed E-state index contributed by atoms with van der Waals surface area (Å²) in [5.41, 5.74) is 2.61. The minimum absolute atomic E-state index is 0.200. The lowest BCUT2D eigenvalue weighted by Gasteiger charge is -2.32. The summed E-state index contributed by atoms with van der Waals surface area (Å²) in [5.74, 6) is 0.341. The van der Waals surface area contributed by atoms with Gasteiger partial charge in [-0.2, -0.15) is 0 Å².